The molecule has 1 aliphatic heterocycles. The van der Waals surface area contributed by atoms with Crippen LogP contribution in [0.1, 0.15) is 56.5 Å². The summed E-state index contributed by atoms with van der Waals surface area (Å²) in [6.07, 6.45) is 0.881. The minimum absolute atomic E-state index is 0.0455. The Morgan fingerprint density at radius 3 is 1.68 bits per heavy atom. The topological polar surface area (TPSA) is 179 Å². The van der Waals surface area contributed by atoms with Crippen LogP contribution in [0.25, 0.3) is 0 Å². The minimum Gasteiger partial charge on any atom is -0.481 e. The van der Waals surface area contributed by atoms with Crippen LogP contribution in [0.5, 0.6) is 0 Å². The minimum atomic E-state index is -1.04. The molecule has 3 aromatic heterocycles. The Morgan fingerprint density at radius 2 is 1.29 bits per heavy atom. The Labute approximate surface area is 250 Å². The Morgan fingerprint density at radius 1 is 0.805 bits per heavy atom. The van der Waals surface area contributed by atoms with Gasteiger partial charge >= 0.3 is 11.9 Å². The molecule has 0 spiro atoms. The number of carboxylic acid groups (broad SMARTS) is 2. The number of thiophene rings is 3. The lowest BCUT2D eigenvalue weighted by atomic mass is 10.3. The monoisotopic (exact) mass is 622 g/mol. The van der Waals surface area contributed by atoms with Crippen molar-refractivity contribution in [3.8, 4) is 0 Å². The fraction of sp³-hybridized carbons (Fsp3) is 0.370. The summed E-state index contributed by atoms with van der Waals surface area (Å²) in [6, 6.07) is 11.1. The largest absolute Gasteiger partial charge is 0.481 e. The van der Waals surface area contributed by atoms with Gasteiger partial charge in [0, 0.05) is 40.3 Å². The number of likely N-dealkylation sites (tertiary alicyclic amines) is 1. The zero-order valence-electron chi connectivity index (χ0n) is 23.0. The van der Waals surface area contributed by atoms with Crippen LogP contribution in [-0.2, 0) is 9.59 Å². The van der Waals surface area contributed by atoms with Crippen LogP contribution in [-0.4, -0.2) is 77.0 Å². The second kappa shape index (κ2) is 16.6. The molecule has 0 saturated carbocycles. The van der Waals surface area contributed by atoms with Gasteiger partial charge in [0.05, 0.1) is 21.1 Å². The lowest BCUT2D eigenvalue weighted by Gasteiger charge is -2.13. The van der Waals surface area contributed by atoms with Gasteiger partial charge in [-0.1, -0.05) is 0 Å². The second-order valence-corrected chi connectivity index (χ2v) is 12.9. The van der Waals surface area contributed by atoms with Gasteiger partial charge in [0.15, 0.2) is 0 Å². The van der Waals surface area contributed by atoms with Gasteiger partial charge in [0.2, 0.25) is 0 Å². The number of hydrogen-bond acceptors (Lipinski definition) is 9. The summed E-state index contributed by atoms with van der Waals surface area (Å²) in [6.45, 7) is 7.15. The first kappa shape index (κ1) is 33.6. The summed E-state index contributed by atoms with van der Waals surface area (Å²) in [4.78, 5) is 61.8. The molecule has 222 valence electrons. The van der Waals surface area contributed by atoms with Crippen molar-refractivity contribution in [1.29, 1.82) is 0 Å². The molecule has 0 aliphatic carbocycles. The summed E-state index contributed by atoms with van der Waals surface area (Å²) < 4.78 is 0. The maximum absolute atomic E-state index is 11.9. The first-order valence-electron chi connectivity index (χ1n) is 12.6. The molecule has 3 amide bonds. The predicted octanol–water partition coefficient (Wildman–Crippen LogP) is 3.36. The molecule has 6 N–H and O–H groups in total. The zero-order valence-corrected chi connectivity index (χ0v) is 25.4. The SMILES string of the molecule is Cc1ccc(C(=O)N2CCC(N)C2)s1.Cc1ccc(C(=O)NCC(=O)O)s1.Cc1ccc(C(=O)NCCC(=O)O)s1. The summed E-state index contributed by atoms with van der Waals surface area (Å²) in [5, 5.41) is 21.5. The van der Waals surface area contributed by atoms with Gasteiger partial charge in [-0.2, -0.15) is 0 Å². The number of nitrogens with two attached hydrogens (primary N) is 1. The number of rotatable bonds is 8. The predicted molar refractivity (Wildman–Crippen MR) is 160 cm³/mol. The van der Waals surface area contributed by atoms with E-state index in [4.69, 9.17) is 15.9 Å². The second-order valence-electron chi connectivity index (χ2n) is 9.01. The summed E-state index contributed by atoms with van der Waals surface area (Å²) >= 11 is 4.29. The van der Waals surface area contributed by atoms with Gasteiger partial charge in [-0.25, -0.2) is 0 Å². The number of carboxylic acids is 2. The molecular weight excluding hydrogens is 589 g/mol. The highest BCUT2D eigenvalue weighted by Gasteiger charge is 2.25. The molecular formula is C27H34N4O7S3. The van der Waals surface area contributed by atoms with Gasteiger partial charge in [-0.05, 0) is 63.6 Å². The fourth-order valence-electron chi connectivity index (χ4n) is 3.40. The molecule has 4 rings (SSSR count). The van der Waals surface area contributed by atoms with Crippen molar-refractivity contribution in [1.82, 2.24) is 15.5 Å². The maximum Gasteiger partial charge on any atom is 0.322 e. The molecule has 0 aromatic carbocycles. The number of hydrogen-bond donors (Lipinski definition) is 5. The van der Waals surface area contributed by atoms with Crippen LogP contribution in [0.2, 0.25) is 0 Å². The number of carbonyl (C=O) groups excluding carboxylic acids is 3. The average Bonchev–Trinajstić information content (AvgIpc) is 3.72. The fourth-order valence-corrected chi connectivity index (χ4v) is 5.81. The smallest absolute Gasteiger partial charge is 0.322 e. The lowest BCUT2D eigenvalue weighted by Crippen LogP contribution is -2.31. The first-order chi connectivity index (χ1) is 19.3. The van der Waals surface area contributed by atoms with Gasteiger partial charge in [0.25, 0.3) is 17.7 Å². The average molecular weight is 623 g/mol. The number of amides is 3. The van der Waals surface area contributed by atoms with E-state index in [0.717, 1.165) is 27.6 Å². The summed E-state index contributed by atoms with van der Waals surface area (Å²) in [5.41, 5.74) is 5.76. The third-order valence-corrected chi connectivity index (χ3v) is 8.40. The Bertz CT molecular complexity index is 1350. The molecule has 1 unspecified atom stereocenters. The molecule has 1 fully saturated rings. The molecule has 1 aliphatic rings. The third-order valence-electron chi connectivity index (χ3n) is 5.42. The van der Waals surface area contributed by atoms with E-state index in [2.05, 4.69) is 10.6 Å². The van der Waals surface area contributed by atoms with E-state index in [9.17, 15) is 24.0 Å². The van der Waals surface area contributed by atoms with E-state index in [0.29, 0.717) is 16.3 Å². The van der Waals surface area contributed by atoms with Gasteiger partial charge in [0.1, 0.15) is 6.54 Å². The molecule has 0 bridgehead atoms. The third kappa shape index (κ3) is 12.2. The molecule has 0 radical (unpaired) electrons. The molecule has 4 heterocycles. The quantitative estimate of drug-likeness (QED) is 0.254. The van der Waals surface area contributed by atoms with E-state index < -0.39 is 11.9 Å². The van der Waals surface area contributed by atoms with E-state index in [-0.39, 0.29) is 43.3 Å². The number of nitrogens with zero attached hydrogens (tertiary/aromatic N) is 1. The summed E-state index contributed by atoms with van der Waals surface area (Å²) in [5.74, 6) is -2.35. The van der Waals surface area contributed by atoms with E-state index in [1.807, 2.05) is 49.9 Å². The number of carbonyl (C=O) groups is 5. The van der Waals surface area contributed by atoms with Crippen molar-refractivity contribution in [2.45, 2.75) is 39.7 Å². The van der Waals surface area contributed by atoms with Crippen LogP contribution in [0.4, 0.5) is 0 Å². The highest BCUT2D eigenvalue weighted by molar-refractivity contribution is 7.14. The lowest BCUT2D eigenvalue weighted by molar-refractivity contribution is -0.137. The first-order valence-corrected chi connectivity index (χ1v) is 15.0. The van der Waals surface area contributed by atoms with E-state index in [1.165, 1.54) is 27.6 Å². The van der Waals surface area contributed by atoms with Gasteiger partial charge in [-0.15, -0.1) is 34.0 Å². The summed E-state index contributed by atoms with van der Waals surface area (Å²) in [7, 11) is 0. The van der Waals surface area contributed by atoms with Crippen LogP contribution >= 0.6 is 34.0 Å². The van der Waals surface area contributed by atoms with Crippen molar-refractivity contribution in [2.75, 3.05) is 26.2 Å². The van der Waals surface area contributed by atoms with Crippen molar-refractivity contribution in [2.24, 2.45) is 5.73 Å². The Balaban J connectivity index is 0.000000215. The Kier molecular flexibility index (Phi) is 13.6. The number of aryl methyl sites for hydroxylation is 3. The molecule has 14 heteroatoms. The highest BCUT2D eigenvalue weighted by atomic mass is 32.1. The normalized spacial score (nSPS) is 13.8. The van der Waals surface area contributed by atoms with Crippen molar-refractivity contribution >= 4 is 63.7 Å². The van der Waals surface area contributed by atoms with E-state index in [1.54, 1.807) is 23.5 Å². The molecule has 1 atom stereocenters. The standard InChI is InChI=1S/C10H14N2OS.C9H11NO3S.C8H9NO3S/c1-7-2-3-9(14-7)10(13)12-5-4-8(11)6-12;1-6-2-3-7(14-6)9(13)10-5-4-8(11)12;1-5-2-3-6(13-5)8(12)9-4-7(10)11/h2-3,8H,4-6,11H2,1H3;2-3H,4-5H2,1H3,(H,10,13)(H,11,12);2-3H,4H2,1H3,(H,9,12)(H,10,11). The molecule has 41 heavy (non-hydrogen) atoms. The van der Waals surface area contributed by atoms with Crippen molar-refractivity contribution < 1.29 is 34.2 Å². The van der Waals surface area contributed by atoms with Gasteiger partial charge in [-0.3, -0.25) is 24.0 Å². The van der Waals surface area contributed by atoms with Crippen molar-refractivity contribution in [3.05, 3.63) is 65.7 Å². The number of nitrogens with one attached hydrogen (secondary N) is 2. The van der Waals surface area contributed by atoms with Crippen LogP contribution in [0.15, 0.2) is 36.4 Å². The molecule has 1 saturated heterocycles. The molecule has 11 nitrogen and oxygen atoms in total. The van der Waals surface area contributed by atoms with Gasteiger partial charge < -0.3 is 31.5 Å². The van der Waals surface area contributed by atoms with Crippen LogP contribution in [0, 0.1) is 20.8 Å². The maximum atomic E-state index is 11.9. The van der Waals surface area contributed by atoms with E-state index >= 15 is 0 Å². The number of aliphatic carboxylic acids is 2. The van der Waals surface area contributed by atoms with Crippen LogP contribution < -0.4 is 16.4 Å². The zero-order chi connectivity index (χ0) is 30.5. The Hall–Kier alpha value is -3.59. The van der Waals surface area contributed by atoms with Crippen LogP contribution in [0.3, 0.4) is 0 Å². The van der Waals surface area contributed by atoms with Crippen molar-refractivity contribution in [3.63, 3.8) is 0 Å². The molecule has 3 aromatic rings. The highest BCUT2D eigenvalue weighted by Crippen LogP contribution is 2.19.